The number of aromatic nitrogens is 1. The van der Waals surface area contributed by atoms with Gasteiger partial charge >= 0.3 is 0 Å². The van der Waals surface area contributed by atoms with Crippen molar-refractivity contribution in [2.75, 3.05) is 0 Å². The second-order valence-electron chi connectivity index (χ2n) is 2.69. The zero-order valence-electron chi connectivity index (χ0n) is 7.29. The van der Waals surface area contributed by atoms with Crippen LogP contribution in [0.4, 0.5) is 0 Å². The van der Waals surface area contributed by atoms with Crippen molar-refractivity contribution >= 4 is 11.9 Å². The molecule has 0 amide bonds. The van der Waals surface area contributed by atoms with E-state index in [2.05, 4.69) is 18.0 Å². The van der Waals surface area contributed by atoms with Crippen LogP contribution in [0.15, 0.2) is 23.4 Å². The summed E-state index contributed by atoms with van der Waals surface area (Å²) in [4.78, 5) is 4.19. The number of hydrogen-bond donors (Lipinski definition) is 1. The number of pyridine rings is 1. The van der Waals surface area contributed by atoms with E-state index in [0.717, 1.165) is 11.4 Å². The molecule has 1 aromatic heterocycles. The zero-order valence-corrected chi connectivity index (χ0v) is 8.10. The smallest absolute Gasteiger partial charge is 0.114 e. The molecule has 0 unspecified atom stereocenters. The molecule has 2 N–H and O–H groups in total. The third-order valence-electron chi connectivity index (χ3n) is 1.76. The summed E-state index contributed by atoms with van der Waals surface area (Å²) in [6, 6.07) is 4.06. The number of nitrogens with two attached hydrogens (primary N) is 1. The molecule has 0 fully saturated rings. The molecule has 0 radical (unpaired) electrons. The second kappa shape index (κ2) is 5.17. The van der Waals surface area contributed by atoms with Crippen LogP contribution in [0.5, 0.6) is 0 Å². The Morgan fingerprint density at radius 2 is 2.42 bits per heavy atom. The molecular formula is C9H14N2S. The summed E-state index contributed by atoms with van der Waals surface area (Å²) in [5.41, 5.74) is 1.27. The van der Waals surface area contributed by atoms with Crippen molar-refractivity contribution < 1.29 is 0 Å². The predicted octanol–water partition coefficient (Wildman–Crippen LogP) is 2.39. The van der Waals surface area contributed by atoms with E-state index in [4.69, 9.17) is 5.14 Å². The van der Waals surface area contributed by atoms with Gasteiger partial charge in [0.05, 0.1) is 0 Å². The summed E-state index contributed by atoms with van der Waals surface area (Å²) in [5.74, 6) is 0. The number of nitrogens with zero attached hydrogens (tertiary/aromatic N) is 1. The van der Waals surface area contributed by atoms with Crippen LogP contribution < -0.4 is 5.14 Å². The van der Waals surface area contributed by atoms with Crippen LogP contribution >= 0.6 is 11.9 Å². The fourth-order valence-electron chi connectivity index (χ4n) is 1.09. The highest BCUT2D eigenvalue weighted by atomic mass is 32.2. The van der Waals surface area contributed by atoms with E-state index in [1.807, 2.05) is 6.07 Å². The van der Waals surface area contributed by atoms with Gasteiger partial charge in [-0.15, -0.1) is 0 Å². The Hall–Kier alpha value is -0.540. The fourth-order valence-corrected chi connectivity index (χ4v) is 1.53. The number of unbranched alkanes of at least 4 members (excludes halogenated alkanes) is 1. The molecule has 0 spiro atoms. The summed E-state index contributed by atoms with van der Waals surface area (Å²) >= 11 is 1.23. The van der Waals surface area contributed by atoms with Gasteiger partial charge in [-0.1, -0.05) is 19.4 Å². The van der Waals surface area contributed by atoms with Gasteiger partial charge in [0, 0.05) is 6.20 Å². The number of rotatable bonds is 4. The van der Waals surface area contributed by atoms with Crippen molar-refractivity contribution in [2.45, 2.75) is 31.2 Å². The molecule has 0 aliphatic heterocycles. The highest BCUT2D eigenvalue weighted by molar-refractivity contribution is 7.97. The minimum Gasteiger partial charge on any atom is -0.272 e. The minimum atomic E-state index is 0.964. The molecule has 0 aliphatic carbocycles. The zero-order chi connectivity index (χ0) is 8.81. The van der Waals surface area contributed by atoms with Gasteiger partial charge in [0.1, 0.15) is 5.03 Å². The molecule has 0 bridgehead atoms. The van der Waals surface area contributed by atoms with Crippen LogP contribution in [0.25, 0.3) is 0 Å². The van der Waals surface area contributed by atoms with Gasteiger partial charge in [-0.3, -0.25) is 5.14 Å². The molecule has 0 saturated carbocycles. The normalized spacial score (nSPS) is 10.2. The molecule has 3 heteroatoms. The fraction of sp³-hybridized carbons (Fsp3) is 0.444. The van der Waals surface area contributed by atoms with Crippen molar-refractivity contribution in [3.63, 3.8) is 0 Å². The SMILES string of the molecule is CCCCc1cccnc1SN. The third kappa shape index (κ3) is 2.50. The van der Waals surface area contributed by atoms with E-state index in [0.29, 0.717) is 0 Å². The first kappa shape index (κ1) is 9.55. The van der Waals surface area contributed by atoms with Gasteiger partial charge < -0.3 is 0 Å². The Balaban J connectivity index is 2.68. The van der Waals surface area contributed by atoms with E-state index in [1.165, 1.54) is 30.4 Å². The van der Waals surface area contributed by atoms with Crippen molar-refractivity contribution in [2.24, 2.45) is 5.14 Å². The lowest BCUT2D eigenvalue weighted by Crippen LogP contribution is -1.93. The molecule has 0 atom stereocenters. The first-order chi connectivity index (χ1) is 5.88. The molecule has 0 aromatic carbocycles. The van der Waals surface area contributed by atoms with Crippen LogP contribution in [0.1, 0.15) is 25.3 Å². The molecule has 66 valence electrons. The first-order valence-electron chi connectivity index (χ1n) is 4.19. The molecule has 0 aliphatic rings. The number of hydrogen-bond acceptors (Lipinski definition) is 3. The van der Waals surface area contributed by atoms with Crippen LogP contribution in [0.2, 0.25) is 0 Å². The van der Waals surface area contributed by atoms with Gasteiger partial charge in [0.25, 0.3) is 0 Å². The average Bonchev–Trinajstić information content (AvgIpc) is 2.15. The summed E-state index contributed by atoms with van der Waals surface area (Å²) in [7, 11) is 0. The van der Waals surface area contributed by atoms with E-state index >= 15 is 0 Å². The molecule has 0 saturated heterocycles. The Labute approximate surface area is 77.7 Å². The summed E-state index contributed by atoms with van der Waals surface area (Å²) in [5, 5.41) is 6.44. The third-order valence-corrected chi connectivity index (χ3v) is 2.35. The van der Waals surface area contributed by atoms with E-state index < -0.39 is 0 Å². The maximum Gasteiger partial charge on any atom is 0.114 e. The van der Waals surface area contributed by atoms with Gasteiger partial charge in [-0.25, -0.2) is 4.98 Å². The van der Waals surface area contributed by atoms with Gasteiger partial charge in [-0.2, -0.15) is 0 Å². The summed E-state index contributed by atoms with van der Waals surface area (Å²) < 4.78 is 0. The summed E-state index contributed by atoms with van der Waals surface area (Å²) in [6.07, 6.45) is 5.29. The monoisotopic (exact) mass is 182 g/mol. The van der Waals surface area contributed by atoms with Gasteiger partial charge in [0.15, 0.2) is 0 Å². The molecule has 1 aromatic rings. The second-order valence-corrected chi connectivity index (χ2v) is 3.31. The predicted molar refractivity (Wildman–Crippen MR) is 52.9 cm³/mol. The summed E-state index contributed by atoms with van der Waals surface area (Å²) in [6.45, 7) is 2.19. The van der Waals surface area contributed by atoms with Crippen molar-refractivity contribution in [3.05, 3.63) is 23.9 Å². The van der Waals surface area contributed by atoms with Crippen LogP contribution in [-0.4, -0.2) is 4.98 Å². The van der Waals surface area contributed by atoms with Crippen LogP contribution in [-0.2, 0) is 6.42 Å². The van der Waals surface area contributed by atoms with Gasteiger partial charge in [-0.05, 0) is 36.4 Å². The molecule has 1 heterocycles. The molecule has 1 rings (SSSR count). The maximum atomic E-state index is 5.48. The van der Waals surface area contributed by atoms with Gasteiger partial charge in [0.2, 0.25) is 0 Å². The lowest BCUT2D eigenvalue weighted by Gasteiger charge is -2.03. The van der Waals surface area contributed by atoms with E-state index in [9.17, 15) is 0 Å². The van der Waals surface area contributed by atoms with Crippen LogP contribution in [0.3, 0.4) is 0 Å². The highest BCUT2D eigenvalue weighted by Crippen LogP contribution is 2.16. The molecular weight excluding hydrogens is 168 g/mol. The Morgan fingerprint density at radius 1 is 1.58 bits per heavy atom. The quantitative estimate of drug-likeness (QED) is 0.727. The topological polar surface area (TPSA) is 38.9 Å². The van der Waals surface area contributed by atoms with E-state index in [1.54, 1.807) is 6.20 Å². The van der Waals surface area contributed by atoms with Crippen LogP contribution in [0, 0.1) is 0 Å². The van der Waals surface area contributed by atoms with Crippen molar-refractivity contribution in [1.82, 2.24) is 4.98 Å². The molecule has 12 heavy (non-hydrogen) atoms. The first-order valence-corrected chi connectivity index (χ1v) is 5.07. The number of aryl methyl sites for hydroxylation is 1. The Kier molecular flexibility index (Phi) is 4.11. The molecule has 2 nitrogen and oxygen atoms in total. The Morgan fingerprint density at radius 3 is 3.08 bits per heavy atom. The highest BCUT2D eigenvalue weighted by Gasteiger charge is 2.00. The lowest BCUT2D eigenvalue weighted by atomic mass is 10.1. The maximum absolute atomic E-state index is 5.48. The average molecular weight is 182 g/mol. The largest absolute Gasteiger partial charge is 0.272 e. The van der Waals surface area contributed by atoms with Crippen molar-refractivity contribution in [3.8, 4) is 0 Å². The minimum absolute atomic E-state index is 0.964. The standard InChI is InChI=1S/C9H14N2S/c1-2-3-5-8-6-4-7-11-9(8)12-10/h4,6-7H,2-3,5,10H2,1H3. The van der Waals surface area contributed by atoms with E-state index in [-0.39, 0.29) is 0 Å². The van der Waals surface area contributed by atoms with Crippen molar-refractivity contribution in [1.29, 1.82) is 0 Å². The lowest BCUT2D eigenvalue weighted by molar-refractivity contribution is 0.776. The Bertz CT molecular complexity index is 238.